The molecule has 0 aliphatic carbocycles. The maximum atomic E-state index is 13.5. The molecule has 12 heteroatoms. The maximum absolute atomic E-state index is 13.5. The molecule has 0 radical (unpaired) electrons. The Balaban J connectivity index is 2.04. The van der Waals surface area contributed by atoms with E-state index >= 15 is 0 Å². The molecule has 2 atom stereocenters. The normalized spacial score (nSPS) is 17.5. The number of hydrogen-bond acceptors (Lipinski definition) is 4. The van der Waals surface area contributed by atoms with Gasteiger partial charge in [-0.15, -0.1) is 0 Å². The van der Waals surface area contributed by atoms with Crippen LogP contribution in [0, 0.1) is 12.7 Å². The zero-order chi connectivity index (χ0) is 24.7. The molecule has 1 fully saturated rings. The average molecular weight is 489 g/mol. The van der Waals surface area contributed by atoms with Crippen molar-refractivity contribution in [3.05, 3.63) is 52.4 Å². The molecule has 1 aromatic heterocycles. The summed E-state index contributed by atoms with van der Waals surface area (Å²) >= 11 is 5.80. The number of halogens is 5. The summed E-state index contributed by atoms with van der Waals surface area (Å²) < 4.78 is 53.6. The Labute approximate surface area is 192 Å². The topological polar surface area (TPSA) is 77.0 Å². The molecule has 1 N–H and O–H groups in total. The second-order valence-corrected chi connectivity index (χ2v) is 8.18. The molecule has 2 aromatic rings. The van der Waals surface area contributed by atoms with E-state index < -0.39 is 41.6 Å². The fraction of sp³-hybridized carbons (Fsp3) is 0.381. The number of anilines is 2. The predicted molar refractivity (Wildman–Crippen MR) is 114 cm³/mol. The van der Waals surface area contributed by atoms with Crippen molar-refractivity contribution in [1.82, 2.24) is 9.88 Å². The van der Waals surface area contributed by atoms with Crippen LogP contribution in [0.1, 0.15) is 18.2 Å². The SMILES string of the molecule is Cc1cc(C(F)(F)F)cc(N2C(=O)N(CC(C)O)C[C@H]2C(=O)N(C)c2ccc(F)c(Cl)c2)n1. The summed E-state index contributed by atoms with van der Waals surface area (Å²) in [6, 6.07) is 3.10. The van der Waals surface area contributed by atoms with Gasteiger partial charge >= 0.3 is 12.2 Å². The van der Waals surface area contributed by atoms with Crippen molar-refractivity contribution < 1.29 is 32.3 Å². The Morgan fingerprint density at radius 3 is 2.58 bits per heavy atom. The molecule has 1 saturated heterocycles. The van der Waals surface area contributed by atoms with Crippen molar-refractivity contribution in [3.63, 3.8) is 0 Å². The lowest BCUT2D eigenvalue weighted by atomic mass is 10.1. The van der Waals surface area contributed by atoms with Gasteiger partial charge in [0.1, 0.15) is 17.7 Å². The third-order valence-corrected chi connectivity index (χ3v) is 5.38. The Hall–Kier alpha value is -2.92. The summed E-state index contributed by atoms with van der Waals surface area (Å²) in [5, 5.41) is 9.50. The Morgan fingerprint density at radius 2 is 2.00 bits per heavy atom. The lowest BCUT2D eigenvalue weighted by molar-refractivity contribution is -0.137. The van der Waals surface area contributed by atoms with E-state index in [2.05, 4.69) is 4.98 Å². The molecule has 33 heavy (non-hydrogen) atoms. The van der Waals surface area contributed by atoms with Crippen LogP contribution in [-0.4, -0.2) is 59.2 Å². The third kappa shape index (κ3) is 5.19. The maximum Gasteiger partial charge on any atom is 0.416 e. The summed E-state index contributed by atoms with van der Waals surface area (Å²) in [5.41, 5.74) is -0.788. The molecule has 1 aromatic carbocycles. The van der Waals surface area contributed by atoms with Crippen molar-refractivity contribution in [2.45, 2.75) is 32.2 Å². The monoisotopic (exact) mass is 488 g/mol. The van der Waals surface area contributed by atoms with Gasteiger partial charge in [0, 0.05) is 25.0 Å². The minimum Gasteiger partial charge on any atom is -0.392 e. The molecule has 0 saturated carbocycles. The number of pyridine rings is 1. The van der Waals surface area contributed by atoms with Crippen LogP contribution in [0.4, 0.5) is 33.9 Å². The lowest BCUT2D eigenvalue weighted by Gasteiger charge is -2.27. The standard InChI is InChI=1S/C21H21ClF4N4O3/c1-11-6-13(21(24,25)26)7-18(27-11)30-17(10-29(20(30)33)9-12(2)31)19(32)28(3)14-4-5-16(23)15(22)8-14/h4-8,12,17,31H,9-10H2,1-3H3/t12?,17-/m0/s1. The second kappa shape index (κ2) is 9.14. The van der Waals surface area contributed by atoms with E-state index in [4.69, 9.17) is 11.6 Å². The highest BCUT2D eigenvalue weighted by atomic mass is 35.5. The van der Waals surface area contributed by atoms with E-state index in [9.17, 15) is 32.3 Å². The van der Waals surface area contributed by atoms with Crippen molar-refractivity contribution in [3.8, 4) is 0 Å². The van der Waals surface area contributed by atoms with Crippen LogP contribution in [0.15, 0.2) is 30.3 Å². The highest BCUT2D eigenvalue weighted by Gasteiger charge is 2.45. The Bertz CT molecular complexity index is 1080. The van der Waals surface area contributed by atoms with Gasteiger partial charge in [0.25, 0.3) is 5.91 Å². The summed E-state index contributed by atoms with van der Waals surface area (Å²) in [6.07, 6.45) is -5.62. The van der Waals surface area contributed by atoms with E-state index in [0.29, 0.717) is 6.07 Å². The molecule has 7 nitrogen and oxygen atoms in total. The molecule has 3 amide bonds. The van der Waals surface area contributed by atoms with Crippen LogP contribution in [0.2, 0.25) is 5.02 Å². The summed E-state index contributed by atoms with van der Waals surface area (Å²) in [6.45, 7) is 2.45. The summed E-state index contributed by atoms with van der Waals surface area (Å²) in [4.78, 5) is 33.6. The quantitative estimate of drug-likeness (QED) is 0.648. The van der Waals surface area contributed by atoms with E-state index in [-0.39, 0.29) is 35.3 Å². The minimum absolute atomic E-state index is 0.00599. The zero-order valence-electron chi connectivity index (χ0n) is 17.9. The van der Waals surface area contributed by atoms with E-state index in [1.165, 1.54) is 33.0 Å². The first-order valence-electron chi connectivity index (χ1n) is 9.84. The molecule has 0 bridgehead atoms. The van der Waals surface area contributed by atoms with E-state index in [1.54, 1.807) is 0 Å². The first kappa shape index (κ1) is 24.7. The molecular weight excluding hydrogens is 468 g/mol. The van der Waals surface area contributed by atoms with Gasteiger partial charge in [0.15, 0.2) is 0 Å². The number of nitrogens with zero attached hydrogens (tertiary/aromatic N) is 4. The summed E-state index contributed by atoms with van der Waals surface area (Å²) in [7, 11) is 1.37. The van der Waals surface area contributed by atoms with Gasteiger partial charge in [-0.05, 0) is 44.2 Å². The van der Waals surface area contributed by atoms with E-state index in [0.717, 1.165) is 26.8 Å². The zero-order valence-corrected chi connectivity index (χ0v) is 18.7. The number of aliphatic hydroxyl groups is 1. The number of rotatable bonds is 5. The first-order valence-corrected chi connectivity index (χ1v) is 10.2. The van der Waals surface area contributed by atoms with Crippen molar-refractivity contribution >= 4 is 35.0 Å². The van der Waals surface area contributed by atoms with Crippen LogP contribution >= 0.6 is 11.6 Å². The molecule has 2 heterocycles. The number of aromatic nitrogens is 1. The average Bonchev–Trinajstić information content (AvgIpc) is 3.03. The number of urea groups is 1. The molecule has 1 unspecified atom stereocenters. The number of alkyl halides is 3. The van der Waals surface area contributed by atoms with Gasteiger partial charge in [0.2, 0.25) is 0 Å². The number of aryl methyl sites for hydroxylation is 1. The highest BCUT2D eigenvalue weighted by molar-refractivity contribution is 6.31. The van der Waals surface area contributed by atoms with Gasteiger partial charge in [-0.3, -0.25) is 9.69 Å². The third-order valence-electron chi connectivity index (χ3n) is 5.09. The molecule has 0 spiro atoms. The highest BCUT2D eigenvalue weighted by Crippen LogP contribution is 2.34. The molecule has 3 rings (SSSR count). The number of benzene rings is 1. The van der Waals surface area contributed by atoms with Gasteiger partial charge in [-0.2, -0.15) is 13.2 Å². The molecule has 178 valence electrons. The van der Waals surface area contributed by atoms with E-state index in [1.807, 2.05) is 0 Å². The summed E-state index contributed by atoms with van der Waals surface area (Å²) in [5.74, 6) is -1.69. The van der Waals surface area contributed by atoms with Gasteiger partial charge in [0.05, 0.1) is 23.2 Å². The number of likely N-dealkylation sites (N-methyl/N-ethyl adjacent to an activating group) is 1. The first-order chi connectivity index (χ1) is 15.3. The number of β-amino-alcohol motifs (C(OH)–C–C–N with tert-alkyl or cyclic N) is 1. The Kier molecular flexibility index (Phi) is 6.85. The van der Waals surface area contributed by atoms with Crippen LogP contribution in [-0.2, 0) is 11.0 Å². The van der Waals surface area contributed by atoms with Crippen molar-refractivity contribution in [2.24, 2.45) is 0 Å². The van der Waals surface area contributed by atoms with Crippen LogP contribution < -0.4 is 9.80 Å². The van der Waals surface area contributed by atoms with Crippen LogP contribution in [0.25, 0.3) is 0 Å². The van der Waals surface area contributed by atoms with Crippen molar-refractivity contribution in [1.29, 1.82) is 0 Å². The number of amides is 3. The Morgan fingerprint density at radius 1 is 1.33 bits per heavy atom. The lowest BCUT2D eigenvalue weighted by Crippen LogP contribution is -2.47. The number of hydrogen-bond donors (Lipinski definition) is 1. The smallest absolute Gasteiger partial charge is 0.392 e. The molecular formula is C21H21ClF4N4O3. The predicted octanol–water partition coefficient (Wildman–Crippen LogP) is 3.86. The minimum atomic E-state index is -4.69. The number of carbonyl (C=O) groups excluding carboxylic acids is 2. The van der Waals surface area contributed by atoms with Crippen LogP contribution in [0.5, 0.6) is 0 Å². The largest absolute Gasteiger partial charge is 0.416 e. The second-order valence-electron chi connectivity index (χ2n) is 7.77. The molecule has 1 aliphatic rings. The van der Waals surface area contributed by atoms with Crippen molar-refractivity contribution in [2.75, 3.05) is 29.9 Å². The molecule has 1 aliphatic heterocycles. The van der Waals surface area contributed by atoms with Gasteiger partial charge in [-0.25, -0.2) is 14.2 Å². The fourth-order valence-corrected chi connectivity index (χ4v) is 3.73. The van der Waals surface area contributed by atoms with Crippen LogP contribution in [0.3, 0.4) is 0 Å². The number of carbonyl (C=O) groups is 2. The van der Waals surface area contributed by atoms with Gasteiger partial charge < -0.3 is 14.9 Å². The fourth-order valence-electron chi connectivity index (χ4n) is 3.55. The number of aliphatic hydroxyl groups excluding tert-OH is 1. The van der Waals surface area contributed by atoms with Gasteiger partial charge in [-0.1, -0.05) is 11.6 Å².